The Hall–Kier alpha value is -1.49. The molecular weight excluding hydrogens is 250 g/mol. The second-order valence-corrected chi connectivity index (χ2v) is 4.96. The zero-order chi connectivity index (χ0) is 13.9. The Morgan fingerprint density at radius 3 is 2.84 bits per heavy atom. The van der Waals surface area contributed by atoms with Crippen molar-refractivity contribution < 1.29 is 13.6 Å². The standard InChI is InChI=1S/C14H18F2N2O/c1-10-4-2-3-5-11(10)6-7-17-13(19)12-8-14(15,16)9-18-12/h2-5,12,18H,6-9H2,1H3,(H,17,19). The molecule has 104 valence electrons. The van der Waals surface area contributed by atoms with E-state index < -0.39 is 24.9 Å². The van der Waals surface area contributed by atoms with Gasteiger partial charge < -0.3 is 5.32 Å². The number of carbonyl (C=O) groups excluding carboxylic acids is 1. The van der Waals surface area contributed by atoms with Gasteiger partial charge in [-0.15, -0.1) is 0 Å². The minimum absolute atomic E-state index is 0.342. The van der Waals surface area contributed by atoms with Crippen LogP contribution in [0.4, 0.5) is 8.78 Å². The first-order valence-electron chi connectivity index (χ1n) is 6.41. The zero-order valence-corrected chi connectivity index (χ0v) is 10.9. The number of alkyl halides is 2. The van der Waals surface area contributed by atoms with Crippen LogP contribution in [0.3, 0.4) is 0 Å². The maximum Gasteiger partial charge on any atom is 0.262 e. The summed E-state index contributed by atoms with van der Waals surface area (Å²) in [5.74, 6) is -3.11. The third kappa shape index (κ3) is 3.73. The van der Waals surface area contributed by atoms with Gasteiger partial charge in [-0.1, -0.05) is 24.3 Å². The molecule has 0 radical (unpaired) electrons. The molecule has 1 unspecified atom stereocenters. The minimum Gasteiger partial charge on any atom is -0.354 e. The molecule has 1 atom stereocenters. The monoisotopic (exact) mass is 268 g/mol. The lowest BCUT2D eigenvalue weighted by Crippen LogP contribution is -2.41. The number of rotatable bonds is 4. The highest BCUT2D eigenvalue weighted by atomic mass is 19.3. The number of aryl methyl sites for hydroxylation is 1. The molecule has 1 aromatic carbocycles. The molecule has 1 aromatic rings. The molecule has 1 amide bonds. The quantitative estimate of drug-likeness (QED) is 0.872. The molecule has 1 saturated heterocycles. The van der Waals surface area contributed by atoms with Crippen molar-refractivity contribution in [2.24, 2.45) is 0 Å². The SMILES string of the molecule is Cc1ccccc1CCNC(=O)C1CC(F)(F)CN1. The van der Waals surface area contributed by atoms with Gasteiger partial charge in [0.25, 0.3) is 5.92 Å². The van der Waals surface area contributed by atoms with E-state index in [1.807, 2.05) is 31.2 Å². The predicted octanol–water partition coefficient (Wildman–Crippen LogP) is 1.65. The van der Waals surface area contributed by atoms with Gasteiger partial charge in [-0.2, -0.15) is 0 Å². The van der Waals surface area contributed by atoms with Crippen molar-refractivity contribution in [1.29, 1.82) is 0 Å². The highest BCUT2D eigenvalue weighted by Crippen LogP contribution is 2.24. The van der Waals surface area contributed by atoms with Gasteiger partial charge in [0.1, 0.15) is 0 Å². The summed E-state index contributed by atoms with van der Waals surface area (Å²) < 4.78 is 25.9. The first-order chi connectivity index (χ1) is 8.98. The molecular formula is C14H18F2N2O. The molecule has 1 fully saturated rings. The predicted molar refractivity (Wildman–Crippen MR) is 69.2 cm³/mol. The number of carbonyl (C=O) groups is 1. The number of halogens is 2. The Labute approximate surface area is 111 Å². The smallest absolute Gasteiger partial charge is 0.262 e. The van der Waals surface area contributed by atoms with Gasteiger partial charge >= 0.3 is 0 Å². The van der Waals surface area contributed by atoms with Crippen LogP contribution in [0.15, 0.2) is 24.3 Å². The van der Waals surface area contributed by atoms with E-state index in [0.29, 0.717) is 13.0 Å². The summed E-state index contributed by atoms with van der Waals surface area (Å²) >= 11 is 0. The average molecular weight is 268 g/mol. The number of amides is 1. The van der Waals surface area contributed by atoms with Gasteiger partial charge in [-0.05, 0) is 24.5 Å². The Morgan fingerprint density at radius 2 is 2.21 bits per heavy atom. The van der Waals surface area contributed by atoms with Crippen molar-refractivity contribution in [1.82, 2.24) is 10.6 Å². The van der Waals surface area contributed by atoms with E-state index in [-0.39, 0.29) is 5.91 Å². The van der Waals surface area contributed by atoms with Gasteiger partial charge in [0.2, 0.25) is 5.91 Å². The molecule has 0 bridgehead atoms. The first-order valence-corrected chi connectivity index (χ1v) is 6.41. The fraction of sp³-hybridized carbons (Fsp3) is 0.500. The van der Waals surface area contributed by atoms with E-state index in [1.165, 1.54) is 5.56 Å². The Bertz CT molecular complexity index is 463. The van der Waals surface area contributed by atoms with Crippen LogP contribution in [0.25, 0.3) is 0 Å². The fourth-order valence-corrected chi connectivity index (χ4v) is 2.24. The average Bonchev–Trinajstić information content (AvgIpc) is 2.72. The topological polar surface area (TPSA) is 41.1 Å². The van der Waals surface area contributed by atoms with Gasteiger partial charge in [0.05, 0.1) is 12.6 Å². The summed E-state index contributed by atoms with van der Waals surface area (Å²) in [6.45, 7) is 2.06. The summed E-state index contributed by atoms with van der Waals surface area (Å²) in [5, 5.41) is 5.25. The van der Waals surface area contributed by atoms with Crippen LogP contribution < -0.4 is 10.6 Å². The molecule has 3 nitrogen and oxygen atoms in total. The summed E-state index contributed by atoms with van der Waals surface area (Å²) in [5.41, 5.74) is 2.33. The normalized spacial score (nSPS) is 21.3. The summed E-state index contributed by atoms with van der Waals surface area (Å²) in [6, 6.07) is 7.15. The van der Waals surface area contributed by atoms with Crippen LogP contribution in [0.5, 0.6) is 0 Å². The highest BCUT2D eigenvalue weighted by Gasteiger charge is 2.42. The largest absolute Gasteiger partial charge is 0.354 e. The number of hydrogen-bond donors (Lipinski definition) is 2. The van der Waals surface area contributed by atoms with Crippen LogP contribution in [-0.2, 0) is 11.2 Å². The highest BCUT2D eigenvalue weighted by molar-refractivity contribution is 5.82. The van der Waals surface area contributed by atoms with Crippen molar-refractivity contribution in [2.45, 2.75) is 31.7 Å². The van der Waals surface area contributed by atoms with Gasteiger partial charge in [0, 0.05) is 13.0 Å². The number of benzene rings is 1. The lowest BCUT2D eigenvalue weighted by Gasteiger charge is -2.12. The molecule has 0 aromatic heterocycles. The molecule has 0 spiro atoms. The second-order valence-electron chi connectivity index (χ2n) is 4.96. The molecule has 1 heterocycles. The van der Waals surface area contributed by atoms with E-state index in [2.05, 4.69) is 10.6 Å². The molecule has 1 aliphatic heterocycles. The van der Waals surface area contributed by atoms with Crippen LogP contribution in [0.1, 0.15) is 17.5 Å². The van der Waals surface area contributed by atoms with Crippen LogP contribution in [0, 0.1) is 6.92 Å². The van der Waals surface area contributed by atoms with E-state index in [9.17, 15) is 13.6 Å². The van der Waals surface area contributed by atoms with Crippen LogP contribution >= 0.6 is 0 Å². The molecule has 1 aliphatic rings. The first kappa shape index (κ1) is 13.9. The molecule has 0 aliphatic carbocycles. The van der Waals surface area contributed by atoms with Gasteiger partial charge in [0.15, 0.2) is 0 Å². The van der Waals surface area contributed by atoms with E-state index in [4.69, 9.17) is 0 Å². The van der Waals surface area contributed by atoms with Crippen molar-refractivity contribution in [3.63, 3.8) is 0 Å². The second kappa shape index (κ2) is 5.65. The molecule has 5 heteroatoms. The summed E-state index contributed by atoms with van der Waals surface area (Å²) in [4.78, 5) is 11.7. The third-order valence-corrected chi connectivity index (χ3v) is 3.38. The zero-order valence-electron chi connectivity index (χ0n) is 10.9. The van der Waals surface area contributed by atoms with Crippen LogP contribution in [0.2, 0.25) is 0 Å². The van der Waals surface area contributed by atoms with Crippen molar-refractivity contribution >= 4 is 5.91 Å². The fourth-order valence-electron chi connectivity index (χ4n) is 2.24. The summed E-state index contributed by atoms with van der Waals surface area (Å²) in [6.07, 6.45) is 0.296. The van der Waals surface area contributed by atoms with Gasteiger partial charge in [-0.25, -0.2) is 8.78 Å². The van der Waals surface area contributed by atoms with E-state index in [1.54, 1.807) is 0 Å². The number of nitrogens with one attached hydrogen (secondary N) is 2. The van der Waals surface area contributed by atoms with Crippen molar-refractivity contribution in [3.8, 4) is 0 Å². The third-order valence-electron chi connectivity index (χ3n) is 3.38. The maximum atomic E-state index is 13.0. The lowest BCUT2D eigenvalue weighted by molar-refractivity contribution is -0.123. The number of hydrogen-bond acceptors (Lipinski definition) is 2. The summed E-state index contributed by atoms with van der Waals surface area (Å²) in [7, 11) is 0. The van der Waals surface area contributed by atoms with E-state index >= 15 is 0 Å². The minimum atomic E-state index is -2.77. The van der Waals surface area contributed by atoms with E-state index in [0.717, 1.165) is 5.56 Å². The van der Waals surface area contributed by atoms with Crippen molar-refractivity contribution in [3.05, 3.63) is 35.4 Å². The molecule has 2 rings (SSSR count). The lowest BCUT2D eigenvalue weighted by atomic mass is 10.1. The van der Waals surface area contributed by atoms with Gasteiger partial charge in [-0.3, -0.25) is 10.1 Å². The Kier molecular flexibility index (Phi) is 4.14. The van der Waals surface area contributed by atoms with Crippen LogP contribution in [-0.4, -0.2) is 31.0 Å². The Morgan fingerprint density at radius 1 is 1.47 bits per heavy atom. The molecule has 0 saturated carbocycles. The maximum absolute atomic E-state index is 13.0. The molecule has 2 N–H and O–H groups in total. The Balaban J connectivity index is 1.77. The molecule has 19 heavy (non-hydrogen) atoms. The van der Waals surface area contributed by atoms with Crippen molar-refractivity contribution in [2.75, 3.05) is 13.1 Å².